The predicted molar refractivity (Wildman–Crippen MR) is 96.0 cm³/mol. The van der Waals surface area contributed by atoms with Crippen LogP contribution in [0.4, 0.5) is 0 Å². The quantitative estimate of drug-likeness (QED) is 0.626. The van der Waals surface area contributed by atoms with Gasteiger partial charge in [-0.15, -0.1) is 0 Å². The molecule has 0 aliphatic heterocycles. The van der Waals surface area contributed by atoms with E-state index < -0.39 is 0 Å². The second-order valence-electron chi connectivity index (χ2n) is 10.1. The summed E-state index contributed by atoms with van der Waals surface area (Å²) in [5, 5.41) is 10.1. The van der Waals surface area contributed by atoms with Crippen LogP contribution in [0.1, 0.15) is 78.6 Å². The van der Waals surface area contributed by atoms with Crippen LogP contribution in [0.25, 0.3) is 0 Å². The Balaban J connectivity index is 1.61. The van der Waals surface area contributed by atoms with E-state index in [1.54, 1.807) is 0 Å². The highest BCUT2D eigenvalue weighted by Crippen LogP contribution is 2.68. The third-order valence-corrected chi connectivity index (χ3v) is 9.23. The van der Waals surface area contributed by atoms with E-state index in [1.165, 1.54) is 50.5 Å². The Bertz CT molecular complexity index is 496. The molecular formula is C22H36O. The molecule has 23 heavy (non-hydrogen) atoms. The van der Waals surface area contributed by atoms with E-state index in [2.05, 4.69) is 27.4 Å². The smallest absolute Gasteiger partial charge is 0.0543 e. The number of aliphatic hydroxyl groups is 1. The summed E-state index contributed by atoms with van der Waals surface area (Å²) < 4.78 is 0. The fourth-order valence-electron chi connectivity index (χ4n) is 8.04. The lowest BCUT2D eigenvalue weighted by Gasteiger charge is -2.61. The van der Waals surface area contributed by atoms with Crippen LogP contribution in [0.3, 0.4) is 0 Å². The van der Waals surface area contributed by atoms with Gasteiger partial charge in [-0.1, -0.05) is 26.0 Å². The van der Waals surface area contributed by atoms with Crippen molar-refractivity contribution in [3.63, 3.8) is 0 Å². The fraction of sp³-hybridized carbons (Fsp3) is 0.909. The van der Waals surface area contributed by atoms with Crippen molar-refractivity contribution in [1.29, 1.82) is 0 Å². The lowest BCUT2D eigenvalue weighted by atomic mass is 9.44. The molecule has 1 N–H and O–H groups in total. The molecule has 4 fully saturated rings. The SMILES string of the molecule is C=C(C)[C@H]1CCC2C3CCC4C[C@@H](O)CCC4(C)C3CCC21C. The van der Waals surface area contributed by atoms with Gasteiger partial charge in [0, 0.05) is 0 Å². The normalized spacial score (nSPS) is 55.7. The third-order valence-electron chi connectivity index (χ3n) is 9.23. The van der Waals surface area contributed by atoms with Crippen LogP contribution < -0.4 is 0 Å². The van der Waals surface area contributed by atoms with Crippen LogP contribution in [0.2, 0.25) is 0 Å². The van der Waals surface area contributed by atoms with Gasteiger partial charge >= 0.3 is 0 Å². The van der Waals surface area contributed by atoms with E-state index in [0.717, 1.165) is 42.4 Å². The number of hydrogen-bond acceptors (Lipinski definition) is 1. The molecule has 6 unspecified atom stereocenters. The van der Waals surface area contributed by atoms with Crippen LogP contribution in [0.5, 0.6) is 0 Å². The van der Waals surface area contributed by atoms with E-state index >= 15 is 0 Å². The molecule has 130 valence electrons. The number of aliphatic hydroxyl groups excluding tert-OH is 1. The summed E-state index contributed by atoms with van der Waals surface area (Å²) >= 11 is 0. The van der Waals surface area contributed by atoms with E-state index in [-0.39, 0.29) is 6.10 Å². The van der Waals surface area contributed by atoms with Crippen molar-refractivity contribution in [3.05, 3.63) is 12.2 Å². The molecule has 4 aliphatic rings. The second-order valence-corrected chi connectivity index (χ2v) is 10.1. The van der Waals surface area contributed by atoms with Crippen LogP contribution in [0, 0.1) is 40.4 Å². The predicted octanol–water partition coefficient (Wildman–Crippen LogP) is 5.58. The first kappa shape index (κ1) is 16.2. The molecule has 4 rings (SSSR count). The molecule has 0 bridgehead atoms. The van der Waals surface area contributed by atoms with Gasteiger partial charge in [-0.25, -0.2) is 0 Å². The van der Waals surface area contributed by atoms with Crippen molar-refractivity contribution in [3.8, 4) is 0 Å². The highest BCUT2D eigenvalue weighted by molar-refractivity contribution is 5.15. The Labute approximate surface area is 142 Å². The highest BCUT2D eigenvalue weighted by Gasteiger charge is 2.60. The Hall–Kier alpha value is -0.300. The van der Waals surface area contributed by atoms with Crippen LogP contribution in [-0.2, 0) is 0 Å². The van der Waals surface area contributed by atoms with E-state index in [1.807, 2.05) is 0 Å². The fourth-order valence-corrected chi connectivity index (χ4v) is 8.04. The van der Waals surface area contributed by atoms with Crippen molar-refractivity contribution in [2.45, 2.75) is 84.7 Å². The number of allylic oxidation sites excluding steroid dienone is 1. The molecule has 0 radical (unpaired) electrons. The number of hydrogen-bond donors (Lipinski definition) is 1. The molecule has 0 aromatic carbocycles. The summed E-state index contributed by atoms with van der Waals surface area (Å²) in [7, 11) is 0. The molecule has 0 saturated heterocycles. The Morgan fingerprint density at radius 1 is 0.913 bits per heavy atom. The summed E-state index contributed by atoms with van der Waals surface area (Å²) in [6.07, 6.45) is 11.9. The summed E-state index contributed by atoms with van der Waals surface area (Å²) in [5.74, 6) is 4.38. The van der Waals surface area contributed by atoms with Gasteiger partial charge in [-0.3, -0.25) is 0 Å². The standard InChI is InChI=1S/C22H36O/c1-14(2)18-7-8-19-17-6-5-15-13-16(23)9-11-21(15,3)20(17)10-12-22(18,19)4/h15-20,23H,1,5-13H2,2-4H3/t15?,16-,17?,18+,19?,20?,21?,22?/m0/s1. The maximum absolute atomic E-state index is 10.1. The van der Waals surface area contributed by atoms with Crippen molar-refractivity contribution in [2.75, 3.05) is 0 Å². The molecule has 4 aliphatic carbocycles. The first-order valence-electron chi connectivity index (χ1n) is 10.2. The average molecular weight is 317 g/mol. The lowest BCUT2D eigenvalue weighted by molar-refractivity contribution is -0.124. The van der Waals surface area contributed by atoms with Crippen molar-refractivity contribution in [2.24, 2.45) is 40.4 Å². The minimum absolute atomic E-state index is 0.0160. The van der Waals surface area contributed by atoms with Gasteiger partial charge < -0.3 is 5.11 Å². The third kappa shape index (κ3) is 2.21. The Morgan fingerprint density at radius 3 is 2.35 bits per heavy atom. The topological polar surface area (TPSA) is 20.2 Å². The average Bonchev–Trinajstić information content (AvgIpc) is 2.85. The molecule has 4 saturated carbocycles. The number of rotatable bonds is 1. The molecular weight excluding hydrogens is 280 g/mol. The second kappa shape index (κ2) is 5.35. The van der Waals surface area contributed by atoms with Gasteiger partial charge in [0.15, 0.2) is 0 Å². The molecule has 0 amide bonds. The van der Waals surface area contributed by atoms with Gasteiger partial charge in [-0.05, 0) is 105 Å². The monoisotopic (exact) mass is 316 g/mol. The van der Waals surface area contributed by atoms with Crippen LogP contribution in [0.15, 0.2) is 12.2 Å². The summed E-state index contributed by atoms with van der Waals surface area (Å²) in [6.45, 7) is 11.8. The summed E-state index contributed by atoms with van der Waals surface area (Å²) in [4.78, 5) is 0. The minimum atomic E-state index is -0.0160. The molecule has 0 spiro atoms. The molecule has 0 aromatic rings. The van der Waals surface area contributed by atoms with Crippen molar-refractivity contribution >= 4 is 0 Å². The maximum atomic E-state index is 10.1. The molecule has 1 heteroatoms. The first-order chi connectivity index (χ1) is 10.9. The van der Waals surface area contributed by atoms with E-state index in [0.29, 0.717) is 10.8 Å². The maximum Gasteiger partial charge on any atom is 0.0543 e. The van der Waals surface area contributed by atoms with Crippen molar-refractivity contribution < 1.29 is 5.11 Å². The zero-order valence-corrected chi connectivity index (χ0v) is 15.5. The van der Waals surface area contributed by atoms with E-state index in [4.69, 9.17) is 0 Å². The Morgan fingerprint density at radius 2 is 1.61 bits per heavy atom. The van der Waals surface area contributed by atoms with Crippen LogP contribution in [-0.4, -0.2) is 11.2 Å². The molecule has 1 nitrogen and oxygen atoms in total. The molecule has 8 atom stereocenters. The zero-order chi connectivity index (χ0) is 16.4. The molecule has 0 heterocycles. The Kier molecular flexibility index (Phi) is 3.76. The summed E-state index contributed by atoms with van der Waals surface area (Å²) in [6, 6.07) is 0. The van der Waals surface area contributed by atoms with Crippen molar-refractivity contribution in [1.82, 2.24) is 0 Å². The highest BCUT2D eigenvalue weighted by atomic mass is 16.3. The van der Waals surface area contributed by atoms with Gasteiger partial charge in [0.2, 0.25) is 0 Å². The molecule has 0 aromatic heterocycles. The first-order valence-corrected chi connectivity index (χ1v) is 10.2. The van der Waals surface area contributed by atoms with Gasteiger partial charge in [0.25, 0.3) is 0 Å². The lowest BCUT2D eigenvalue weighted by Crippen LogP contribution is -2.53. The van der Waals surface area contributed by atoms with Gasteiger partial charge in [0.05, 0.1) is 6.10 Å². The van der Waals surface area contributed by atoms with Gasteiger partial charge in [0.1, 0.15) is 0 Å². The number of fused-ring (bicyclic) bond motifs is 5. The van der Waals surface area contributed by atoms with E-state index in [9.17, 15) is 5.11 Å². The largest absolute Gasteiger partial charge is 0.393 e. The summed E-state index contributed by atoms with van der Waals surface area (Å²) in [5.41, 5.74) is 2.49. The zero-order valence-electron chi connectivity index (χ0n) is 15.5. The van der Waals surface area contributed by atoms with Gasteiger partial charge in [-0.2, -0.15) is 0 Å². The van der Waals surface area contributed by atoms with Crippen LogP contribution >= 0.6 is 0 Å². The minimum Gasteiger partial charge on any atom is -0.393 e.